The highest BCUT2D eigenvalue weighted by Crippen LogP contribution is 2.31. The van der Waals surface area contributed by atoms with Crippen molar-refractivity contribution in [3.8, 4) is 0 Å². The summed E-state index contributed by atoms with van der Waals surface area (Å²) in [7, 11) is 8.32. The van der Waals surface area contributed by atoms with Crippen LogP contribution in [-0.2, 0) is 0 Å². The van der Waals surface area contributed by atoms with Gasteiger partial charge in [-0.25, -0.2) is 0 Å². The van der Waals surface area contributed by atoms with Gasteiger partial charge in [0.1, 0.15) is 0 Å². The highest BCUT2D eigenvalue weighted by molar-refractivity contribution is 5.61. The monoisotopic (exact) mass is 346 g/mol. The zero-order valence-electron chi connectivity index (χ0n) is 16.5. The number of hydrogen-bond acceptors (Lipinski definition) is 2. The zero-order chi connectivity index (χ0) is 18.5. The Morgan fingerprint density at radius 2 is 1.00 bits per heavy atom. The van der Waals surface area contributed by atoms with Crippen LogP contribution in [0.4, 0.5) is 11.4 Å². The van der Waals surface area contributed by atoms with Crippen molar-refractivity contribution in [3.63, 3.8) is 0 Å². The van der Waals surface area contributed by atoms with Crippen molar-refractivity contribution in [2.24, 2.45) is 0 Å². The third-order valence-electron chi connectivity index (χ3n) is 5.01. The summed E-state index contributed by atoms with van der Waals surface area (Å²) in [4.78, 5) is 4.28. The molecule has 1 aliphatic rings. The topological polar surface area (TPSA) is 6.48 Å². The van der Waals surface area contributed by atoms with Crippen LogP contribution in [0.2, 0.25) is 0 Å². The van der Waals surface area contributed by atoms with Gasteiger partial charge < -0.3 is 9.80 Å². The van der Waals surface area contributed by atoms with Gasteiger partial charge in [0.05, 0.1) is 0 Å². The average molecular weight is 347 g/mol. The lowest BCUT2D eigenvalue weighted by molar-refractivity contribution is 0.721. The van der Waals surface area contributed by atoms with Crippen molar-refractivity contribution in [1.82, 2.24) is 0 Å². The van der Waals surface area contributed by atoms with Gasteiger partial charge >= 0.3 is 0 Å². The highest BCUT2D eigenvalue weighted by Gasteiger charge is 2.11. The summed E-state index contributed by atoms with van der Waals surface area (Å²) in [5.41, 5.74) is 8.20. The summed E-state index contributed by atoms with van der Waals surface area (Å²) < 4.78 is 0. The minimum Gasteiger partial charge on any atom is -0.378 e. The van der Waals surface area contributed by atoms with Gasteiger partial charge in [-0.1, -0.05) is 47.6 Å². The number of rotatable bonds is 4. The first kappa shape index (κ1) is 18.3. The number of benzene rings is 2. The Balaban J connectivity index is 1.72. The van der Waals surface area contributed by atoms with Crippen LogP contribution < -0.4 is 9.80 Å². The van der Waals surface area contributed by atoms with Crippen LogP contribution in [0.3, 0.4) is 0 Å². The molecule has 0 aliphatic heterocycles. The second-order valence-electron chi connectivity index (χ2n) is 7.61. The lowest BCUT2D eigenvalue weighted by Gasteiger charge is -2.18. The van der Waals surface area contributed by atoms with Gasteiger partial charge in [0.15, 0.2) is 0 Å². The molecule has 0 atom stereocenters. The van der Waals surface area contributed by atoms with E-state index in [1.165, 1.54) is 41.8 Å². The molecule has 0 saturated heterocycles. The third kappa shape index (κ3) is 4.78. The molecule has 0 spiro atoms. The molecule has 1 fully saturated rings. The second-order valence-corrected chi connectivity index (χ2v) is 7.61. The van der Waals surface area contributed by atoms with Gasteiger partial charge in [0.25, 0.3) is 0 Å². The normalized spacial score (nSPS) is 17.5. The maximum absolute atomic E-state index is 2.38. The first-order valence-electron chi connectivity index (χ1n) is 9.45. The molecule has 3 rings (SSSR count). The van der Waals surface area contributed by atoms with Gasteiger partial charge in [-0.2, -0.15) is 0 Å². The Hall–Kier alpha value is -2.48. The molecule has 136 valence electrons. The second kappa shape index (κ2) is 8.27. The predicted octanol–water partition coefficient (Wildman–Crippen LogP) is 5.86. The molecule has 2 aromatic carbocycles. The van der Waals surface area contributed by atoms with E-state index in [-0.39, 0.29) is 0 Å². The standard InChI is InChI=1S/C24H30N2/c1-25(2)23-12-8-19(9-13-23)16-21-6-5-7-22(18-21)17-20-10-14-24(15-11-20)26(3)4/h8-17H,5-7,18H2,1-4H3/b21-16-,22-17+. The fourth-order valence-electron chi connectivity index (χ4n) is 3.47. The third-order valence-corrected chi connectivity index (χ3v) is 5.01. The molecule has 2 nitrogen and oxygen atoms in total. The predicted molar refractivity (Wildman–Crippen MR) is 116 cm³/mol. The molecule has 0 aromatic heterocycles. The lowest BCUT2D eigenvalue weighted by Crippen LogP contribution is -2.08. The SMILES string of the molecule is CN(C)c1ccc(/C=C2/CCC/C(=C\c3ccc(N(C)C)cc3)C2)cc1. The molecule has 0 unspecified atom stereocenters. The average Bonchev–Trinajstić information content (AvgIpc) is 2.63. The summed E-state index contributed by atoms with van der Waals surface area (Å²) in [6.45, 7) is 0. The fraction of sp³-hybridized carbons (Fsp3) is 0.333. The van der Waals surface area contributed by atoms with Crippen molar-refractivity contribution in [2.45, 2.75) is 25.7 Å². The van der Waals surface area contributed by atoms with Gasteiger partial charge in [0, 0.05) is 39.6 Å². The smallest absolute Gasteiger partial charge is 0.0361 e. The number of anilines is 2. The Morgan fingerprint density at radius 3 is 1.35 bits per heavy atom. The molecular weight excluding hydrogens is 316 g/mol. The van der Waals surface area contributed by atoms with Crippen molar-refractivity contribution >= 4 is 23.5 Å². The van der Waals surface area contributed by atoms with Gasteiger partial charge in [0.2, 0.25) is 0 Å². The Bertz CT molecular complexity index is 710. The Labute approximate surface area is 158 Å². The van der Waals surface area contributed by atoms with Crippen LogP contribution in [0, 0.1) is 0 Å². The van der Waals surface area contributed by atoms with E-state index in [2.05, 4.69) is 98.7 Å². The molecule has 1 saturated carbocycles. The van der Waals surface area contributed by atoms with Gasteiger partial charge in [-0.3, -0.25) is 0 Å². The van der Waals surface area contributed by atoms with Gasteiger partial charge in [-0.05, 0) is 61.1 Å². The number of allylic oxidation sites excluding steroid dienone is 2. The first-order chi connectivity index (χ1) is 12.5. The largest absolute Gasteiger partial charge is 0.378 e. The number of hydrogen-bond donors (Lipinski definition) is 0. The minimum absolute atomic E-state index is 1.10. The molecule has 0 radical (unpaired) electrons. The van der Waals surface area contributed by atoms with Crippen molar-refractivity contribution in [1.29, 1.82) is 0 Å². The molecule has 0 N–H and O–H groups in total. The zero-order valence-corrected chi connectivity index (χ0v) is 16.5. The Morgan fingerprint density at radius 1 is 0.615 bits per heavy atom. The van der Waals surface area contributed by atoms with Crippen molar-refractivity contribution < 1.29 is 0 Å². The van der Waals surface area contributed by atoms with E-state index in [0.717, 1.165) is 6.42 Å². The van der Waals surface area contributed by atoms with E-state index in [1.807, 2.05) is 0 Å². The quantitative estimate of drug-likeness (QED) is 0.684. The maximum Gasteiger partial charge on any atom is 0.0361 e. The van der Waals surface area contributed by atoms with E-state index in [9.17, 15) is 0 Å². The van der Waals surface area contributed by atoms with Crippen LogP contribution in [0.5, 0.6) is 0 Å². The first-order valence-corrected chi connectivity index (χ1v) is 9.45. The molecule has 0 heterocycles. The fourth-order valence-corrected chi connectivity index (χ4v) is 3.47. The highest BCUT2D eigenvalue weighted by atomic mass is 15.1. The Kier molecular flexibility index (Phi) is 5.82. The van der Waals surface area contributed by atoms with Crippen LogP contribution >= 0.6 is 0 Å². The molecule has 2 heteroatoms. The summed E-state index contributed by atoms with van der Waals surface area (Å²) in [6.07, 6.45) is 9.54. The minimum atomic E-state index is 1.10. The molecule has 0 amide bonds. The van der Waals surface area contributed by atoms with E-state index < -0.39 is 0 Å². The lowest BCUT2D eigenvalue weighted by atomic mass is 9.88. The molecule has 0 bridgehead atoms. The molecular formula is C24H30N2. The molecule has 26 heavy (non-hydrogen) atoms. The van der Waals surface area contributed by atoms with Crippen LogP contribution in [0.25, 0.3) is 12.2 Å². The van der Waals surface area contributed by atoms with Crippen molar-refractivity contribution in [3.05, 3.63) is 70.8 Å². The van der Waals surface area contributed by atoms with E-state index >= 15 is 0 Å². The molecule has 1 aliphatic carbocycles. The maximum atomic E-state index is 2.38. The van der Waals surface area contributed by atoms with Gasteiger partial charge in [-0.15, -0.1) is 0 Å². The van der Waals surface area contributed by atoms with E-state index in [0.29, 0.717) is 0 Å². The summed E-state index contributed by atoms with van der Waals surface area (Å²) in [5.74, 6) is 0. The van der Waals surface area contributed by atoms with Crippen LogP contribution in [-0.4, -0.2) is 28.2 Å². The summed E-state index contributed by atoms with van der Waals surface area (Å²) in [5, 5.41) is 0. The van der Waals surface area contributed by atoms with Crippen LogP contribution in [0.15, 0.2) is 59.7 Å². The van der Waals surface area contributed by atoms with Crippen molar-refractivity contribution in [2.75, 3.05) is 38.0 Å². The number of nitrogens with zero attached hydrogens (tertiary/aromatic N) is 2. The van der Waals surface area contributed by atoms with E-state index in [1.54, 1.807) is 11.1 Å². The summed E-state index contributed by atoms with van der Waals surface area (Å²) in [6, 6.07) is 17.7. The molecule has 2 aromatic rings. The van der Waals surface area contributed by atoms with Crippen LogP contribution in [0.1, 0.15) is 36.8 Å². The van der Waals surface area contributed by atoms with E-state index in [4.69, 9.17) is 0 Å². The summed E-state index contributed by atoms with van der Waals surface area (Å²) >= 11 is 0.